The first kappa shape index (κ1) is 20.8. The molecule has 1 aromatic carbocycles. The molecule has 2 aliphatic heterocycles. The third-order valence-corrected chi connectivity index (χ3v) is 5.40. The van der Waals surface area contributed by atoms with Crippen molar-refractivity contribution in [2.45, 2.75) is 38.4 Å². The zero-order valence-electron chi connectivity index (χ0n) is 16.2. The summed E-state index contributed by atoms with van der Waals surface area (Å²) in [5.41, 5.74) is 2.24. The summed E-state index contributed by atoms with van der Waals surface area (Å²) >= 11 is 0. The average molecular weight is 398 g/mol. The quantitative estimate of drug-likeness (QED) is 0.844. The van der Waals surface area contributed by atoms with Crippen molar-refractivity contribution < 1.29 is 18.0 Å². The number of piperidine rings is 1. The van der Waals surface area contributed by atoms with E-state index in [2.05, 4.69) is 16.3 Å². The molecule has 2 saturated heterocycles. The Morgan fingerprint density at radius 1 is 0.929 bits per heavy atom. The number of amides is 2. The van der Waals surface area contributed by atoms with E-state index < -0.39 is 12.7 Å². The Morgan fingerprint density at radius 2 is 1.68 bits per heavy atom. The van der Waals surface area contributed by atoms with Gasteiger partial charge >= 0.3 is 12.2 Å². The van der Waals surface area contributed by atoms with Crippen LogP contribution in [0.1, 0.15) is 31.2 Å². The molecule has 156 valence electrons. The second-order valence-electron chi connectivity index (χ2n) is 7.57. The molecule has 0 radical (unpaired) electrons. The standard InChI is InChI=1S/C20H29F3N4O/c21-20(22,23)16-25-9-6-12-27(14-13-25)19(28)24-15-17-7-2-3-8-18(17)26-10-4-1-5-11-26/h2-3,7-8H,1,4-6,9-16H2,(H,24,28). The van der Waals surface area contributed by atoms with Gasteiger partial charge in [0.25, 0.3) is 0 Å². The molecule has 2 amide bonds. The SMILES string of the molecule is O=C(NCc1ccccc1N1CCCCC1)N1CCCN(CC(F)(F)F)CC1. The summed E-state index contributed by atoms with van der Waals surface area (Å²) in [5.74, 6) is 0. The van der Waals surface area contributed by atoms with Gasteiger partial charge < -0.3 is 15.1 Å². The number of carbonyl (C=O) groups excluding carboxylic acids is 1. The Morgan fingerprint density at radius 3 is 2.43 bits per heavy atom. The Hall–Kier alpha value is -1.96. The number of carbonyl (C=O) groups is 1. The van der Waals surface area contributed by atoms with Gasteiger partial charge in [-0.15, -0.1) is 0 Å². The summed E-state index contributed by atoms with van der Waals surface area (Å²) in [7, 11) is 0. The number of para-hydroxylation sites is 1. The van der Waals surface area contributed by atoms with Crippen molar-refractivity contribution in [3.05, 3.63) is 29.8 Å². The lowest BCUT2D eigenvalue weighted by Crippen LogP contribution is -2.42. The fraction of sp³-hybridized carbons (Fsp3) is 0.650. The molecule has 2 heterocycles. The van der Waals surface area contributed by atoms with Crippen LogP contribution >= 0.6 is 0 Å². The first-order chi connectivity index (χ1) is 13.4. The fourth-order valence-corrected chi connectivity index (χ4v) is 3.97. The van der Waals surface area contributed by atoms with Crippen molar-refractivity contribution in [1.82, 2.24) is 15.1 Å². The van der Waals surface area contributed by atoms with Gasteiger partial charge in [-0.25, -0.2) is 4.79 Å². The summed E-state index contributed by atoms with van der Waals surface area (Å²) in [6, 6.07) is 7.89. The summed E-state index contributed by atoms with van der Waals surface area (Å²) in [6.07, 6.45) is -0.0228. The van der Waals surface area contributed by atoms with Crippen LogP contribution < -0.4 is 10.2 Å². The highest BCUT2D eigenvalue weighted by Gasteiger charge is 2.31. The van der Waals surface area contributed by atoms with Crippen molar-refractivity contribution in [2.24, 2.45) is 0 Å². The van der Waals surface area contributed by atoms with Gasteiger partial charge in [0.05, 0.1) is 6.54 Å². The number of nitrogens with one attached hydrogen (secondary N) is 1. The highest BCUT2D eigenvalue weighted by atomic mass is 19.4. The lowest BCUT2D eigenvalue weighted by atomic mass is 10.1. The molecule has 0 unspecified atom stereocenters. The van der Waals surface area contributed by atoms with Crippen LogP contribution in [-0.2, 0) is 6.54 Å². The zero-order valence-corrected chi connectivity index (χ0v) is 16.2. The van der Waals surface area contributed by atoms with Crippen molar-refractivity contribution in [3.63, 3.8) is 0 Å². The third kappa shape index (κ3) is 6.02. The molecule has 0 spiro atoms. The maximum absolute atomic E-state index is 12.6. The molecule has 0 bridgehead atoms. The molecular weight excluding hydrogens is 369 g/mol. The molecule has 28 heavy (non-hydrogen) atoms. The molecule has 1 aromatic rings. The third-order valence-electron chi connectivity index (χ3n) is 5.40. The van der Waals surface area contributed by atoms with Crippen molar-refractivity contribution in [2.75, 3.05) is 50.7 Å². The normalized spacial score (nSPS) is 19.4. The van der Waals surface area contributed by atoms with Gasteiger partial charge in [-0.3, -0.25) is 4.90 Å². The summed E-state index contributed by atoms with van der Waals surface area (Å²) < 4.78 is 37.8. The second-order valence-corrected chi connectivity index (χ2v) is 7.57. The van der Waals surface area contributed by atoms with E-state index in [4.69, 9.17) is 0 Å². The highest BCUT2D eigenvalue weighted by Crippen LogP contribution is 2.24. The van der Waals surface area contributed by atoms with Gasteiger partial charge in [-0.1, -0.05) is 18.2 Å². The van der Waals surface area contributed by atoms with Crippen molar-refractivity contribution in [1.29, 1.82) is 0 Å². The van der Waals surface area contributed by atoms with Crippen LogP contribution in [0.15, 0.2) is 24.3 Å². The van der Waals surface area contributed by atoms with Crippen LogP contribution in [0.3, 0.4) is 0 Å². The molecule has 0 atom stereocenters. The summed E-state index contributed by atoms with van der Waals surface area (Å²) in [5, 5.41) is 2.96. The molecule has 0 aliphatic carbocycles. The van der Waals surface area contributed by atoms with Crippen LogP contribution in [0.4, 0.5) is 23.7 Å². The maximum atomic E-state index is 12.6. The van der Waals surface area contributed by atoms with Gasteiger partial charge in [0.2, 0.25) is 0 Å². The molecule has 1 N–H and O–H groups in total. The van der Waals surface area contributed by atoms with Crippen molar-refractivity contribution >= 4 is 11.7 Å². The number of hydrogen-bond donors (Lipinski definition) is 1. The number of alkyl halides is 3. The number of halogens is 3. The lowest BCUT2D eigenvalue weighted by molar-refractivity contribution is -0.145. The van der Waals surface area contributed by atoms with Crippen LogP contribution in [0.25, 0.3) is 0 Å². The highest BCUT2D eigenvalue weighted by molar-refractivity contribution is 5.74. The largest absolute Gasteiger partial charge is 0.401 e. The van der Waals surface area contributed by atoms with Crippen molar-refractivity contribution in [3.8, 4) is 0 Å². The smallest absolute Gasteiger partial charge is 0.371 e. The minimum absolute atomic E-state index is 0.206. The Kier molecular flexibility index (Phi) is 7.04. The second kappa shape index (κ2) is 9.49. The van der Waals surface area contributed by atoms with E-state index in [0.717, 1.165) is 24.3 Å². The number of rotatable bonds is 4. The van der Waals surface area contributed by atoms with E-state index in [-0.39, 0.29) is 12.6 Å². The molecule has 3 rings (SSSR count). The van der Waals surface area contributed by atoms with Gasteiger partial charge in [0, 0.05) is 51.5 Å². The van der Waals surface area contributed by atoms with E-state index in [9.17, 15) is 18.0 Å². The van der Waals surface area contributed by atoms with E-state index in [1.165, 1.54) is 24.2 Å². The van der Waals surface area contributed by atoms with E-state index >= 15 is 0 Å². The Balaban J connectivity index is 1.53. The molecular formula is C20H29F3N4O. The molecule has 2 aliphatic rings. The maximum Gasteiger partial charge on any atom is 0.401 e. The molecule has 5 nitrogen and oxygen atoms in total. The summed E-state index contributed by atoms with van der Waals surface area (Å²) in [6.45, 7) is 2.99. The number of urea groups is 1. The van der Waals surface area contributed by atoms with Crippen LogP contribution in [0.5, 0.6) is 0 Å². The number of hydrogen-bond acceptors (Lipinski definition) is 3. The minimum Gasteiger partial charge on any atom is -0.371 e. The Labute approximate surface area is 164 Å². The van der Waals surface area contributed by atoms with Gasteiger partial charge in [0.15, 0.2) is 0 Å². The fourth-order valence-electron chi connectivity index (χ4n) is 3.97. The van der Waals surface area contributed by atoms with Crippen LogP contribution in [0, 0.1) is 0 Å². The molecule has 2 fully saturated rings. The Bertz CT molecular complexity index is 647. The molecule has 0 saturated carbocycles. The van der Waals surface area contributed by atoms with E-state index in [0.29, 0.717) is 32.6 Å². The first-order valence-electron chi connectivity index (χ1n) is 10.1. The molecule has 8 heteroatoms. The average Bonchev–Trinajstić information content (AvgIpc) is 2.91. The molecule has 0 aromatic heterocycles. The van der Waals surface area contributed by atoms with Crippen LogP contribution in [0.2, 0.25) is 0 Å². The topological polar surface area (TPSA) is 38.8 Å². The van der Waals surface area contributed by atoms with E-state index in [1.807, 2.05) is 18.2 Å². The van der Waals surface area contributed by atoms with Gasteiger partial charge in [-0.05, 0) is 37.3 Å². The predicted molar refractivity (Wildman–Crippen MR) is 103 cm³/mol. The summed E-state index contributed by atoms with van der Waals surface area (Å²) in [4.78, 5) is 17.9. The zero-order chi connectivity index (χ0) is 20.0. The number of nitrogens with zero attached hydrogens (tertiary/aromatic N) is 3. The predicted octanol–water partition coefficient (Wildman–Crippen LogP) is 3.46. The van der Waals surface area contributed by atoms with Gasteiger partial charge in [0.1, 0.15) is 0 Å². The van der Waals surface area contributed by atoms with Gasteiger partial charge in [-0.2, -0.15) is 13.2 Å². The number of benzene rings is 1. The first-order valence-corrected chi connectivity index (χ1v) is 10.1. The van der Waals surface area contributed by atoms with E-state index in [1.54, 1.807) is 4.90 Å². The van der Waals surface area contributed by atoms with Crippen LogP contribution in [-0.4, -0.2) is 67.8 Å². The minimum atomic E-state index is -4.20. The number of anilines is 1. The lowest BCUT2D eigenvalue weighted by Gasteiger charge is -2.31. The monoisotopic (exact) mass is 398 g/mol.